The SMILES string of the molecule is O=C=NCCCCC=S(=O)=O. The molecule has 5 heteroatoms. The molecule has 0 atom stereocenters. The normalized spacial score (nSPS) is 8.36. The van der Waals surface area contributed by atoms with Crippen molar-refractivity contribution in [1.29, 1.82) is 0 Å². The highest BCUT2D eigenvalue weighted by Gasteiger charge is 1.84. The van der Waals surface area contributed by atoms with Crippen molar-refractivity contribution in [2.24, 2.45) is 4.99 Å². The minimum Gasteiger partial charge on any atom is -0.211 e. The van der Waals surface area contributed by atoms with Gasteiger partial charge in [0.25, 0.3) is 0 Å². The van der Waals surface area contributed by atoms with Crippen LogP contribution in [0.25, 0.3) is 0 Å². The molecule has 0 radical (unpaired) electrons. The largest absolute Gasteiger partial charge is 0.234 e. The number of nitrogens with zero attached hydrogens (tertiary/aromatic N) is 1. The lowest BCUT2D eigenvalue weighted by molar-refractivity contribution is 0.562. The van der Waals surface area contributed by atoms with Gasteiger partial charge in [0.2, 0.25) is 16.4 Å². The maximum absolute atomic E-state index is 9.95. The molecule has 0 aliphatic carbocycles. The van der Waals surface area contributed by atoms with Crippen LogP contribution in [0.3, 0.4) is 0 Å². The minimum atomic E-state index is -2.06. The van der Waals surface area contributed by atoms with Crippen LogP contribution < -0.4 is 0 Å². The van der Waals surface area contributed by atoms with Gasteiger partial charge >= 0.3 is 0 Å². The molecule has 0 aromatic rings. The van der Waals surface area contributed by atoms with Crippen LogP contribution in [0.4, 0.5) is 0 Å². The third kappa shape index (κ3) is 9.07. The van der Waals surface area contributed by atoms with Gasteiger partial charge in [0.1, 0.15) is 0 Å². The summed E-state index contributed by atoms with van der Waals surface area (Å²) in [4.78, 5) is 12.9. The van der Waals surface area contributed by atoms with Crippen molar-refractivity contribution in [3.8, 4) is 0 Å². The van der Waals surface area contributed by atoms with Crippen molar-refractivity contribution in [1.82, 2.24) is 0 Å². The number of unbranched alkanes of at least 4 members (excludes halogenated alkanes) is 2. The lowest BCUT2D eigenvalue weighted by Crippen LogP contribution is -1.82. The lowest BCUT2D eigenvalue weighted by atomic mass is 10.2. The zero-order chi connectivity index (χ0) is 8.53. The summed E-state index contributed by atoms with van der Waals surface area (Å²) in [5.74, 6) is 0. The van der Waals surface area contributed by atoms with Crippen LogP contribution in [0.2, 0.25) is 0 Å². The van der Waals surface area contributed by atoms with Gasteiger partial charge in [-0.25, -0.2) is 9.79 Å². The van der Waals surface area contributed by atoms with E-state index in [-0.39, 0.29) is 0 Å². The second-order valence-electron chi connectivity index (χ2n) is 1.90. The highest BCUT2D eigenvalue weighted by molar-refractivity contribution is 7.71. The van der Waals surface area contributed by atoms with Crippen molar-refractivity contribution >= 4 is 21.7 Å². The predicted octanol–water partition coefficient (Wildman–Crippen LogP) is 0.174. The molecule has 0 heterocycles. The Morgan fingerprint density at radius 1 is 1.36 bits per heavy atom. The third-order valence-electron chi connectivity index (χ3n) is 1.04. The number of hydrogen-bond donors (Lipinski definition) is 0. The van der Waals surface area contributed by atoms with E-state index in [2.05, 4.69) is 4.99 Å². The smallest absolute Gasteiger partial charge is 0.211 e. The zero-order valence-corrected chi connectivity index (χ0v) is 6.80. The first kappa shape index (κ1) is 10.1. The quantitative estimate of drug-likeness (QED) is 0.259. The highest BCUT2D eigenvalue weighted by Crippen LogP contribution is 1.91. The van der Waals surface area contributed by atoms with Crippen molar-refractivity contribution in [3.63, 3.8) is 0 Å². The van der Waals surface area contributed by atoms with E-state index < -0.39 is 10.3 Å². The van der Waals surface area contributed by atoms with Crippen LogP contribution in [0.5, 0.6) is 0 Å². The van der Waals surface area contributed by atoms with E-state index in [0.717, 1.165) is 12.8 Å². The van der Waals surface area contributed by atoms with Crippen molar-refractivity contribution < 1.29 is 13.2 Å². The topological polar surface area (TPSA) is 63.6 Å². The fraction of sp³-hybridized carbons (Fsp3) is 0.667. The maximum Gasteiger partial charge on any atom is 0.234 e. The van der Waals surface area contributed by atoms with Crippen LogP contribution in [0.15, 0.2) is 4.99 Å². The number of rotatable bonds is 5. The Bertz CT molecular complexity index is 254. The monoisotopic (exact) mass is 175 g/mol. The summed E-state index contributed by atoms with van der Waals surface area (Å²) >= 11 is 0. The number of carbonyl (C=O) groups excluding carboxylic acids is 1. The molecule has 4 nitrogen and oxygen atoms in total. The Balaban J connectivity index is 3.29. The van der Waals surface area contributed by atoms with Gasteiger partial charge in [-0.3, -0.25) is 0 Å². The molecule has 0 saturated carbocycles. The van der Waals surface area contributed by atoms with E-state index >= 15 is 0 Å². The minimum absolute atomic E-state index is 0.433. The Labute approximate surface area is 66.5 Å². The van der Waals surface area contributed by atoms with E-state index in [1.54, 1.807) is 0 Å². The van der Waals surface area contributed by atoms with E-state index in [1.807, 2.05) is 0 Å². The van der Waals surface area contributed by atoms with Gasteiger partial charge in [0, 0.05) is 5.37 Å². The van der Waals surface area contributed by atoms with E-state index in [0.29, 0.717) is 13.0 Å². The molecular formula is C6H9NO3S. The fourth-order valence-electron chi connectivity index (χ4n) is 0.560. The van der Waals surface area contributed by atoms with Crippen LogP contribution in [0.1, 0.15) is 19.3 Å². The molecule has 0 rings (SSSR count). The zero-order valence-electron chi connectivity index (χ0n) is 5.99. The Morgan fingerprint density at radius 3 is 2.64 bits per heavy atom. The van der Waals surface area contributed by atoms with Gasteiger partial charge in [-0.2, -0.15) is 8.42 Å². The molecule has 11 heavy (non-hydrogen) atoms. The summed E-state index contributed by atoms with van der Waals surface area (Å²) in [5, 5.41) is 1.20. The van der Waals surface area contributed by atoms with E-state index in [9.17, 15) is 13.2 Å². The average molecular weight is 175 g/mol. The Morgan fingerprint density at radius 2 is 2.09 bits per heavy atom. The summed E-state index contributed by atoms with van der Waals surface area (Å²) in [6.07, 6.45) is 3.39. The maximum atomic E-state index is 9.95. The third-order valence-corrected chi connectivity index (χ3v) is 1.55. The summed E-state index contributed by atoms with van der Waals surface area (Å²) in [5.41, 5.74) is 0. The van der Waals surface area contributed by atoms with E-state index in [1.165, 1.54) is 11.4 Å². The van der Waals surface area contributed by atoms with Crippen molar-refractivity contribution in [3.05, 3.63) is 0 Å². The average Bonchev–Trinajstić information content (AvgIpc) is 1.96. The summed E-state index contributed by atoms with van der Waals surface area (Å²) in [6, 6.07) is 0. The molecule has 0 aliphatic rings. The Kier molecular flexibility index (Phi) is 6.57. The molecule has 62 valence electrons. The molecule has 0 amide bonds. The first-order valence-corrected chi connectivity index (χ1v) is 4.36. The standard InChI is InChI=1S/C6H9NO3S/c8-6-7-4-2-1-3-5-11(9)10/h5H,1-4H2. The number of aliphatic imine (C=N–C) groups is 1. The summed E-state index contributed by atoms with van der Waals surface area (Å²) < 4.78 is 19.9. The van der Waals surface area contributed by atoms with Gasteiger partial charge < -0.3 is 0 Å². The van der Waals surface area contributed by atoms with Gasteiger partial charge in [0.15, 0.2) is 0 Å². The molecule has 0 aliphatic heterocycles. The molecule has 0 aromatic carbocycles. The molecule has 0 unspecified atom stereocenters. The first-order chi connectivity index (χ1) is 5.27. The van der Waals surface area contributed by atoms with Crippen molar-refractivity contribution in [2.45, 2.75) is 19.3 Å². The van der Waals surface area contributed by atoms with Gasteiger partial charge in [0.05, 0.1) is 6.54 Å². The predicted molar refractivity (Wildman–Crippen MR) is 41.8 cm³/mol. The molecule has 0 bridgehead atoms. The molecule has 0 fully saturated rings. The molecular weight excluding hydrogens is 166 g/mol. The van der Waals surface area contributed by atoms with Gasteiger partial charge in [-0.1, -0.05) is 0 Å². The van der Waals surface area contributed by atoms with Crippen LogP contribution in [0, 0.1) is 0 Å². The van der Waals surface area contributed by atoms with Crippen LogP contribution in [-0.2, 0) is 15.1 Å². The number of hydrogen-bond acceptors (Lipinski definition) is 4. The first-order valence-electron chi connectivity index (χ1n) is 3.22. The summed E-state index contributed by atoms with van der Waals surface area (Å²) in [7, 11) is -2.06. The Hall–Kier alpha value is -0.930. The lowest BCUT2D eigenvalue weighted by Gasteiger charge is -1.87. The second kappa shape index (κ2) is 7.18. The van der Waals surface area contributed by atoms with Gasteiger partial charge in [-0.15, -0.1) is 0 Å². The summed E-state index contributed by atoms with van der Waals surface area (Å²) in [6.45, 7) is 0.433. The number of isocyanates is 1. The van der Waals surface area contributed by atoms with Crippen LogP contribution in [-0.4, -0.2) is 26.4 Å². The van der Waals surface area contributed by atoms with Crippen molar-refractivity contribution in [2.75, 3.05) is 6.54 Å². The second-order valence-corrected chi connectivity index (χ2v) is 2.75. The molecule has 0 N–H and O–H groups in total. The van der Waals surface area contributed by atoms with E-state index in [4.69, 9.17) is 0 Å². The van der Waals surface area contributed by atoms with Gasteiger partial charge in [-0.05, 0) is 19.3 Å². The van der Waals surface area contributed by atoms with Crippen LogP contribution >= 0.6 is 0 Å². The molecule has 0 aromatic heterocycles. The molecule has 0 saturated heterocycles. The highest BCUT2D eigenvalue weighted by atomic mass is 32.2. The fourth-order valence-corrected chi connectivity index (χ4v) is 0.920. The molecule has 0 spiro atoms.